The van der Waals surface area contributed by atoms with Crippen LogP contribution in [0.3, 0.4) is 0 Å². The van der Waals surface area contributed by atoms with Crippen molar-refractivity contribution in [2.75, 3.05) is 26.7 Å². The molecule has 12 nitrogen and oxygen atoms in total. The van der Waals surface area contributed by atoms with Gasteiger partial charge in [0.2, 0.25) is 11.8 Å². The molecule has 1 heterocycles. The van der Waals surface area contributed by atoms with Crippen LogP contribution in [0.2, 0.25) is 0 Å². The van der Waals surface area contributed by atoms with Gasteiger partial charge in [0.25, 0.3) is 11.8 Å². The van der Waals surface area contributed by atoms with E-state index in [0.29, 0.717) is 30.5 Å². The Kier molecular flexibility index (Phi) is 12.1. The maximum Gasteiger partial charge on any atom is 0.254 e. The topological polar surface area (TPSA) is 172 Å². The molecule has 0 aromatic heterocycles. The molecule has 256 valence electrons. The van der Waals surface area contributed by atoms with E-state index in [4.69, 9.17) is 15.2 Å². The summed E-state index contributed by atoms with van der Waals surface area (Å²) < 4.78 is 25.5. The number of carbonyl (C=O) groups excluding carboxylic acids is 4. The number of nitrogens with one attached hydrogen (secondary N) is 3. The number of hydrogen-bond acceptors (Lipinski definition) is 8. The van der Waals surface area contributed by atoms with Gasteiger partial charge in [0.1, 0.15) is 17.6 Å². The second-order valence-corrected chi connectivity index (χ2v) is 11.8. The van der Waals surface area contributed by atoms with Crippen LogP contribution < -0.4 is 31.2 Å². The maximum atomic E-state index is 14.2. The molecule has 0 radical (unpaired) electrons. The summed E-state index contributed by atoms with van der Waals surface area (Å²) in [7, 11) is 1.42. The second-order valence-electron chi connectivity index (χ2n) is 11.8. The lowest BCUT2D eigenvalue weighted by molar-refractivity contribution is -0.126. The number of benzene rings is 3. The Hall–Kier alpha value is -5.01. The summed E-state index contributed by atoms with van der Waals surface area (Å²) in [6.45, 7) is 4.95. The first-order valence-electron chi connectivity index (χ1n) is 15.7. The summed E-state index contributed by atoms with van der Waals surface area (Å²) >= 11 is 0. The van der Waals surface area contributed by atoms with E-state index in [2.05, 4.69) is 16.0 Å². The highest BCUT2D eigenvalue weighted by Crippen LogP contribution is 2.33. The van der Waals surface area contributed by atoms with E-state index >= 15 is 0 Å². The van der Waals surface area contributed by atoms with Crippen molar-refractivity contribution in [2.24, 2.45) is 5.73 Å². The Bertz CT molecular complexity index is 1660. The number of nitrogens with zero attached hydrogens (tertiary/aromatic N) is 1. The number of aliphatic hydroxyl groups is 1. The predicted octanol–water partition coefficient (Wildman–Crippen LogP) is 2.58. The van der Waals surface area contributed by atoms with Gasteiger partial charge in [-0.15, -0.1) is 0 Å². The van der Waals surface area contributed by atoms with Gasteiger partial charge in [0.05, 0.1) is 19.8 Å². The summed E-state index contributed by atoms with van der Waals surface area (Å²) in [4.78, 5) is 54.7. The van der Waals surface area contributed by atoms with E-state index in [1.165, 1.54) is 49.3 Å². The maximum absolute atomic E-state index is 14.2. The number of hydrogen-bond donors (Lipinski definition) is 5. The molecule has 4 rings (SSSR count). The van der Waals surface area contributed by atoms with Crippen LogP contribution in [0.25, 0.3) is 0 Å². The third-order valence-electron chi connectivity index (χ3n) is 7.92. The Balaban J connectivity index is 1.62. The van der Waals surface area contributed by atoms with Gasteiger partial charge in [0, 0.05) is 42.9 Å². The van der Waals surface area contributed by atoms with Crippen LogP contribution in [-0.4, -0.2) is 78.6 Å². The molecule has 0 saturated heterocycles. The van der Waals surface area contributed by atoms with E-state index in [-0.39, 0.29) is 42.4 Å². The molecule has 3 aromatic rings. The van der Waals surface area contributed by atoms with Crippen LogP contribution in [0.15, 0.2) is 54.6 Å². The molecule has 2 bridgehead atoms. The number of amides is 4. The lowest BCUT2D eigenvalue weighted by Crippen LogP contribution is -2.56. The number of methoxy groups -OCH3 is 1. The minimum Gasteiger partial charge on any atom is -0.493 e. The van der Waals surface area contributed by atoms with Gasteiger partial charge in [0.15, 0.2) is 11.5 Å². The lowest BCUT2D eigenvalue weighted by Gasteiger charge is -2.28. The molecule has 0 aliphatic carbocycles. The average molecular weight is 664 g/mol. The minimum absolute atomic E-state index is 0.0898. The van der Waals surface area contributed by atoms with Gasteiger partial charge in [-0.2, -0.15) is 0 Å². The summed E-state index contributed by atoms with van der Waals surface area (Å²) in [5, 5.41) is 18.6. The van der Waals surface area contributed by atoms with Crippen molar-refractivity contribution in [1.29, 1.82) is 0 Å². The number of ether oxygens (including phenoxy) is 2. The van der Waals surface area contributed by atoms with E-state index < -0.39 is 47.6 Å². The number of rotatable bonds is 6. The van der Waals surface area contributed by atoms with Crippen LogP contribution >= 0.6 is 0 Å². The molecule has 3 aromatic carbocycles. The van der Waals surface area contributed by atoms with E-state index in [0.717, 1.165) is 11.1 Å². The molecule has 4 amide bonds. The smallest absolute Gasteiger partial charge is 0.254 e. The Labute approximate surface area is 278 Å². The molecular weight excluding hydrogens is 621 g/mol. The Morgan fingerprint density at radius 1 is 1.08 bits per heavy atom. The van der Waals surface area contributed by atoms with Gasteiger partial charge >= 0.3 is 0 Å². The molecule has 1 aliphatic rings. The van der Waals surface area contributed by atoms with Crippen molar-refractivity contribution in [3.8, 4) is 17.2 Å². The van der Waals surface area contributed by atoms with Gasteiger partial charge in [-0.05, 0) is 92.8 Å². The third-order valence-corrected chi connectivity index (χ3v) is 7.92. The number of carbonyl (C=O) groups is 4. The summed E-state index contributed by atoms with van der Waals surface area (Å²) in [5.41, 5.74) is 8.53. The molecule has 1 aliphatic heterocycles. The SMILES string of the molecule is COc1ccc(C(=O)N2CC(=O)NCCCc3cc(ccc3C)C(=O)N[C@@H]([C@@H](C)O)C(=O)N[C@H](C)C2)cc1Oc1cc(F)cc(CN)c1. The van der Waals surface area contributed by atoms with Crippen LogP contribution in [0, 0.1) is 12.7 Å². The van der Waals surface area contributed by atoms with Crippen molar-refractivity contribution >= 4 is 23.6 Å². The zero-order chi connectivity index (χ0) is 35.0. The van der Waals surface area contributed by atoms with Gasteiger partial charge in [-0.25, -0.2) is 4.39 Å². The largest absolute Gasteiger partial charge is 0.493 e. The molecule has 6 N–H and O–H groups in total. The van der Waals surface area contributed by atoms with Crippen LogP contribution in [-0.2, 0) is 22.6 Å². The van der Waals surface area contributed by atoms with Crippen LogP contribution in [0.4, 0.5) is 4.39 Å². The number of nitrogens with two attached hydrogens (primary N) is 1. The first-order valence-corrected chi connectivity index (χ1v) is 15.7. The fourth-order valence-corrected chi connectivity index (χ4v) is 5.37. The third kappa shape index (κ3) is 9.29. The second kappa shape index (κ2) is 16.2. The highest BCUT2D eigenvalue weighted by molar-refractivity contribution is 5.98. The number of halogens is 1. The standard InChI is InChI=1S/C35H42FN5O7/c1-20-7-8-25-14-24(20)6-5-11-38-31(43)19-41(18-21(2)39-34(45)32(22(3)42)40-33(25)44)35(46)26-9-10-29(47-4)30(15-26)48-28-13-23(17-37)12-27(36)16-28/h7-10,12-16,21-22,32,42H,5-6,11,17-19,37H2,1-4H3,(H,38,43)(H,39,45)(H,40,44)/t21-,22-,32+/m1/s1. The van der Waals surface area contributed by atoms with Crippen molar-refractivity contribution in [3.05, 3.63) is 88.2 Å². The van der Waals surface area contributed by atoms with Gasteiger partial charge in [-0.3, -0.25) is 19.2 Å². The van der Waals surface area contributed by atoms with Crippen molar-refractivity contribution in [1.82, 2.24) is 20.9 Å². The molecule has 0 saturated carbocycles. The van der Waals surface area contributed by atoms with Crippen molar-refractivity contribution in [2.45, 2.75) is 58.3 Å². The molecule has 0 fully saturated rings. The van der Waals surface area contributed by atoms with Crippen molar-refractivity contribution < 1.29 is 38.1 Å². The lowest BCUT2D eigenvalue weighted by atomic mass is 10.00. The van der Waals surface area contributed by atoms with Crippen molar-refractivity contribution in [3.63, 3.8) is 0 Å². The number of aryl methyl sites for hydroxylation is 2. The molecule has 13 heteroatoms. The molecule has 0 unspecified atom stereocenters. The first-order chi connectivity index (χ1) is 22.9. The number of fused-ring (bicyclic) bond motifs is 2. The summed E-state index contributed by atoms with van der Waals surface area (Å²) in [6, 6.07) is 11.7. The van der Waals surface area contributed by atoms with Crippen LogP contribution in [0.5, 0.6) is 17.2 Å². The average Bonchev–Trinajstić information content (AvgIpc) is 3.04. The quantitative estimate of drug-likeness (QED) is 0.268. The van der Waals surface area contributed by atoms with Gasteiger partial charge in [-0.1, -0.05) is 6.07 Å². The monoisotopic (exact) mass is 663 g/mol. The predicted molar refractivity (Wildman–Crippen MR) is 176 cm³/mol. The van der Waals surface area contributed by atoms with E-state index in [1.807, 2.05) is 13.0 Å². The Morgan fingerprint density at radius 2 is 1.85 bits per heavy atom. The summed E-state index contributed by atoms with van der Waals surface area (Å²) in [6.07, 6.45) is -0.0861. The molecule has 48 heavy (non-hydrogen) atoms. The molecule has 0 spiro atoms. The Morgan fingerprint density at radius 3 is 2.56 bits per heavy atom. The van der Waals surface area contributed by atoms with E-state index in [9.17, 15) is 28.7 Å². The highest BCUT2D eigenvalue weighted by Gasteiger charge is 2.29. The molecule has 3 atom stereocenters. The minimum atomic E-state index is -1.28. The number of aliphatic hydroxyl groups excluding tert-OH is 1. The summed E-state index contributed by atoms with van der Waals surface area (Å²) in [5.74, 6) is -2.13. The zero-order valence-corrected chi connectivity index (χ0v) is 27.5. The fraction of sp³-hybridized carbons (Fsp3) is 0.371. The first kappa shape index (κ1) is 35.8. The zero-order valence-electron chi connectivity index (χ0n) is 27.5. The highest BCUT2D eigenvalue weighted by atomic mass is 19.1. The van der Waals surface area contributed by atoms with Gasteiger partial charge < -0.3 is 41.2 Å². The normalized spacial score (nSPS) is 18.6. The molecular formula is C35H42FN5O7. The van der Waals surface area contributed by atoms with Crippen LogP contribution in [0.1, 0.15) is 57.7 Å². The van der Waals surface area contributed by atoms with E-state index in [1.54, 1.807) is 25.1 Å². The fourth-order valence-electron chi connectivity index (χ4n) is 5.37.